The van der Waals surface area contributed by atoms with Crippen LogP contribution >= 0.6 is 66.7 Å². The fraction of sp³-hybridized carbons (Fsp3) is 0.100. The first-order valence-electron chi connectivity index (χ1n) is 4.08. The second-order valence-corrected chi connectivity index (χ2v) is 6.03. The molecule has 86 valence electrons. The van der Waals surface area contributed by atoms with Crippen LogP contribution in [0.25, 0.3) is 0 Å². The number of benzene rings is 1. The summed E-state index contributed by atoms with van der Waals surface area (Å²) < 4.78 is 0.779. The molecule has 0 saturated carbocycles. The van der Waals surface area contributed by atoms with Crippen molar-refractivity contribution >= 4 is 72.4 Å². The number of rotatable bonds is 3. The highest BCUT2D eigenvalue weighted by atomic mass is 79.9. The molecule has 0 aliphatic rings. The van der Waals surface area contributed by atoms with Gasteiger partial charge in [0.2, 0.25) is 0 Å². The van der Waals surface area contributed by atoms with Crippen molar-refractivity contribution in [1.82, 2.24) is 0 Å². The van der Waals surface area contributed by atoms with E-state index in [2.05, 4.69) is 31.9 Å². The second-order valence-electron chi connectivity index (χ2n) is 2.84. The van der Waals surface area contributed by atoms with Crippen LogP contribution in [0.5, 0.6) is 0 Å². The Morgan fingerprint density at radius 3 is 2.06 bits per heavy atom. The van der Waals surface area contributed by atoms with E-state index in [-0.39, 0.29) is 15.3 Å². The normalized spacial score (nSPS) is 12.1. The maximum atomic E-state index is 11.9. The zero-order chi connectivity index (χ0) is 12.3. The van der Waals surface area contributed by atoms with E-state index in [1.807, 2.05) is 0 Å². The van der Waals surface area contributed by atoms with Crippen LogP contribution in [0.3, 0.4) is 0 Å². The lowest BCUT2D eigenvalue weighted by molar-refractivity contribution is 0.100. The summed E-state index contributed by atoms with van der Waals surface area (Å²) in [7, 11) is 0. The molecule has 1 aromatic rings. The van der Waals surface area contributed by atoms with Crippen molar-refractivity contribution in [3.8, 4) is 0 Å². The largest absolute Gasteiger partial charge is 0.292 e. The highest BCUT2D eigenvalue weighted by Gasteiger charge is 2.22. The van der Waals surface area contributed by atoms with Gasteiger partial charge < -0.3 is 0 Å². The Morgan fingerprint density at radius 2 is 1.62 bits per heavy atom. The van der Waals surface area contributed by atoms with E-state index in [1.54, 1.807) is 24.3 Å². The SMILES string of the molecule is O=C(c1ccc(Br)cc1)C(Br)C(Cl)=C(Cl)Cl. The van der Waals surface area contributed by atoms with Crippen molar-refractivity contribution in [2.75, 3.05) is 0 Å². The summed E-state index contributed by atoms with van der Waals surface area (Å²) >= 11 is 23.2. The van der Waals surface area contributed by atoms with Gasteiger partial charge in [-0.05, 0) is 12.1 Å². The Balaban J connectivity index is 2.95. The molecule has 0 aliphatic carbocycles. The molecule has 16 heavy (non-hydrogen) atoms. The van der Waals surface area contributed by atoms with Crippen LogP contribution in [0, 0.1) is 0 Å². The van der Waals surface area contributed by atoms with Crippen molar-refractivity contribution in [3.63, 3.8) is 0 Å². The summed E-state index contributed by atoms with van der Waals surface area (Å²) in [6, 6.07) is 6.92. The van der Waals surface area contributed by atoms with Gasteiger partial charge in [0, 0.05) is 10.0 Å². The third-order valence-electron chi connectivity index (χ3n) is 1.76. The smallest absolute Gasteiger partial charge is 0.181 e. The lowest BCUT2D eigenvalue weighted by atomic mass is 10.1. The lowest BCUT2D eigenvalue weighted by Crippen LogP contribution is -2.14. The van der Waals surface area contributed by atoms with Gasteiger partial charge >= 0.3 is 0 Å². The zero-order valence-corrected chi connectivity index (χ0v) is 13.1. The minimum absolute atomic E-state index is 0.0799. The molecule has 0 spiro atoms. The first kappa shape index (κ1) is 14.5. The number of halogens is 5. The highest BCUT2D eigenvalue weighted by molar-refractivity contribution is 9.10. The standard InChI is InChI=1S/C10H5Br2Cl3O/c11-6-3-1-5(2-4-6)9(16)7(12)8(13)10(14)15/h1-4,7H. The predicted octanol–water partition coefficient (Wildman–Crippen LogP) is 5.28. The Bertz CT molecular complexity index is 424. The molecule has 0 heterocycles. The highest BCUT2D eigenvalue weighted by Crippen LogP contribution is 2.28. The van der Waals surface area contributed by atoms with Gasteiger partial charge in [0.25, 0.3) is 0 Å². The van der Waals surface area contributed by atoms with E-state index in [0.29, 0.717) is 5.56 Å². The van der Waals surface area contributed by atoms with Gasteiger partial charge in [-0.15, -0.1) is 0 Å². The van der Waals surface area contributed by atoms with Crippen molar-refractivity contribution in [2.45, 2.75) is 4.83 Å². The molecule has 0 aliphatic heterocycles. The molecule has 1 atom stereocenters. The van der Waals surface area contributed by atoms with Crippen LogP contribution in [-0.4, -0.2) is 10.6 Å². The van der Waals surface area contributed by atoms with Crippen molar-refractivity contribution in [2.24, 2.45) is 0 Å². The molecule has 1 rings (SSSR count). The Labute approximate surface area is 125 Å². The first-order valence-corrected chi connectivity index (χ1v) is 6.92. The van der Waals surface area contributed by atoms with Gasteiger partial charge in [-0.25, -0.2) is 0 Å². The molecular weight excluding hydrogens is 402 g/mol. The van der Waals surface area contributed by atoms with Crippen LogP contribution in [0.15, 0.2) is 38.3 Å². The number of allylic oxidation sites excluding steroid dienone is 1. The number of Topliss-reactive ketones (excluding diaryl/α,β-unsaturated/α-hetero) is 1. The zero-order valence-electron chi connectivity index (χ0n) is 7.68. The van der Waals surface area contributed by atoms with Gasteiger partial charge in [0.05, 0.1) is 5.03 Å². The number of ketones is 1. The van der Waals surface area contributed by atoms with E-state index in [1.165, 1.54) is 0 Å². The summed E-state index contributed by atoms with van der Waals surface area (Å²) in [4.78, 5) is 11.2. The fourth-order valence-electron chi connectivity index (χ4n) is 0.971. The topological polar surface area (TPSA) is 17.1 Å². The van der Waals surface area contributed by atoms with Gasteiger partial charge in [0.1, 0.15) is 9.32 Å². The van der Waals surface area contributed by atoms with Crippen LogP contribution in [-0.2, 0) is 0 Å². The Morgan fingerprint density at radius 1 is 1.12 bits per heavy atom. The molecule has 0 fully saturated rings. The van der Waals surface area contributed by atoms with Crippen LogP contribution in [0.4, 0.5) is 0 Å². The monoisotopic (exact) mass is 404 g/mol. The van der Waals surface area contributed by atoms with Crippen LogP contribution in [0.1, 0.15) is 10.4 Å². The Hall–Kier alpha value is 0.460. The van der Waals surface area contributed by atoms with E-state index < -0.39 is 4.83 Å². The van der Waals surface area contributed by atoms with Gasteiger partial charge in [-0.3, -0.25) is 4.79 Å². The minimum Gasteiger partial charge on any atom is -0.292 e. The van der Waals surface area contributed by atoms with E-state index in [0.717, 1.165) is 4.47 Å². The van der Waals surface area contributed by atoms with Gasteiger partial charge in [-0.2, -0.15) is 0 Å². The molecule has 1 aromatic carbocycles. The minimum atomic E-state index is -0.722. The molecule has 0 bridgehead atoms. The van der Waals surface area contributed by atoms with E-state index in [4.69, 9.17) is 34.8 Å². The predicted molar refractivity (Wildman–Crippen MR) is 75.8 cm³/mol. The summed E-state index contributed by atoms with van der Waals surface area (Å²) in [5.74, 6) is -0.198. The number of carbonyl (C=O) groups is 1. The third-order valence-corrected chi connectivity index (χ3v) is 4.44. The maximum absolute atomic E-state index is 11.9. The van der Waals surface area contributed by atoms with E-state index >= 15 is 0 Å². The van der Waals surface area contributed by atoms with Gasteiger partial charge in [-0.1, -0.05) is 78.8 Å². The Kier molecular flexibility index (Phi) is 5.82. The molecule has 1 nitrogen and oxygen atoms in total. The van der Waals surface area contributed by atoms with Crippen molar-refractivity contribution in [3.05, 3.63) is 43.8 Å². The van der Waals surface area contributed by atoms with Gasteiger partial charge in [0.15, 0.2) is 5.78 Å². The average Bonchev–Trinajstić information content (AvgIpc) is 2.27. The number of hydrogen-bond acceptors (Lipinski definition) is 1. The number of alkyl halides is 1. The molecule has 0 saturated heterocycles. The maximum Gasteiger partial charge on any atom is 0.181 e. The van der Waals surface area contributed by atoms with E-state index in [9.17, 15) is 4.79 Å². The van der Waals surface area contributed by atoms with Crippen molar-refractivity contribution < 1.29 is 4.79 Å². The molecule has 1 unspecified atom stereocenters. The van der Waals surface area contributed by atoms with Crippen molar-refractivity contribution in [1.29, 1.82) is 0 Å². The van der Waals surface area contributed by atoms with Crippen LogP contribution < -0.4 is 0 Å². The summed E-state index contributed by atoms with van der Waals surface area (Å²) in [6.07, 6.45) is 0. The average molecular weight is 407 g/mol. The summed E-state index contributed by atoms with van der Waals surface area (Å²) in [6.45, 7) is 0. The first-order chi connectivity index (χ1) is 7.43. The molecule has 0 N–H and O–H groups in total. The molecule has 0 radical (unpaired) electrons. The molecule has 6 heteroatoms. The third kappa shape index (κ3) is 3.74. The summed E-state index contributed by atoms with van der Waals surface area (Å²) in [5.41, 5.74) is 0.526. The summed E-state index contributed by atoms with van der Waals surface area (Å²) in [5, 5.41) is 0.0799. The molecule has 0 amide bonds. The molecular formula is C10H5Br2Cl3O. The second kappa shape index (κ2) is 6.41. The number of carbonyl (C=O) groups excluding carboxylic acids is 1. The fourth-order valence-corrected chi connectivity index (χ4v) is 2.31. The van der Waals surface area contributed by atoms with Crippen LogP contribution in [0.2, 0.25) is 0 Å². The lowest BCUT2D eigenvalue weighted by Gasteiger charge is -2.08. The number of hydrogen-bond donors (Lipinski definition) is 0. The quantitative estimate of drug-likeness (QED) is 0.492. The molecule has 0 aromatic heterocycles.